The van der Waals surface area contributed by atoms with Crippen LogP contribution in [0, 0.1) is 0 Å². The minimum atomic E-state index is -0.628. The van der Waals surface area contributed by atoms with Crippen LogP contribution in [0.5, 0.6) is 0 Å². The van der Waals surface area contributed by atoms with E-state index in [0.717, 1.165) is 0 Å². The third kappa shape index (κ3) is 9.84. The second kappa shape index (κ2) is 10.1. The van der Waals surface area contributed by atoms with Crippen LogP contribution in [0.3, 0.4) is 0 Å². The normalized spacial score (nSPS) is 14.5. The van der Waals surface area contributed by atoms with Crippen molar-refractivity contribution in [3.8, 4) is 0 Å². The molecule has 2 unspecified atom stereocenters. The number of hydrogen-bond acceptors (Lipinski definition) is 5. The van der Waals surface area contributed by atoms with E-state index in [9.17, 15) is 9.90 Å². The van der Waals surface area contributed by atoms with Gasteiger partial charge in [0.1, 0.15) is 0 Å². The van der Waals surface area contributed by atoms with Gasteiger partial charge in [-0.05, 0) is 20.8 Å². The molecule has 19 heavy (non-hydrogen) atoms. The lowest BCUT2D eigenvalue weighted by Crippen LogP contribution is -2.45. The van der Waals surface area contributed by atoms with E-state index >= 15 is 0 Å². The molecule has 0 aliphatic rings. The molecular weight excluding hydrogens is 248 g/mol. The number of hydrogen-bond donors (Lipinski definition) is 2. The Morgan fingerprint density at radius 2 is 1.89 bits per heavy atom. The molecule has 1 amide bonds. The van der Waals surface area contributed by atoms with Gasteiger partial charge in [-0.1, -0.05) is 0 Å². The summed E-state index contributed by atoms with van der Waals surface area (Å²) >= 11 is 0. The summed E-state index contributed by atoms with van der Waals surface area (Å²) < 4.78 is 10.6. The zero-order chi connectivity index (χ0) is 14.8. The summed E-state index contributed by atoms with van der Waals surface area (Å²) in [6.45, 7) is 7.23. The number of ether oxygens (including phenoxy) is 2. The van der Waals surface area contributed by atoms with Gasteiger partial charge in [0.05, 0.1) is 38.1 Å². The second-order valence-corrected chi connectivity index (χ2v) is 5.01. The monoisotopic (exact) mass is 276 g/mol. The van der Waals surface area contributed by atoms with E-state index in [0.29, 0.717) is 19.8 Å². The highest BCUT2D eigenvalue weighted by Crippen LogP contribution is 1.92. The number of amides is 1. The molecule has 0 heterocycles. The molecule has 0 fully saturated rings. The van der Waals surface area contributed by atoms with Crippen LogP contribution in [0.1, 0.15) is 20.8 Å². The lowest BCUT2D eigenvalue weighted by molar-refractivity contribution is -0.130. The van der Waals surface area contributed by atoms with Gasteiger partial charge < -0.3 is 24.8 Å². The van der Waals surface area contributed by atoms with Gasteiger partial charge in [0, 0.05) is 20.6 Å². The Labute approximate surface area is 116 Å². The van der Waals surface area contributed by atoms with Crippen molar-refractivity contribution < 1.29 is 19.4 Å². The molecule has 6 heteroatoms. The van der Waals surface area contributed by atoms with Gasteiger partial charge in [-0.3, -0.25) is 4.79 Å². The molecule has 0 rings (SSSR count). The number of carbonyl (C=O) groups excluding carboxylic acids is 1. The van der Waals surface area contributed by atoms with E-state index in [2.05, 4.69) is 5.32 Å². The third-order valence-corrected chi connectivity index (χ3v) is 2.46. The van der Waals surface area contributed by atoms with Crippen LogP contribution in [0.15, 0.2) is 0 Å². The predicted molar refractivity (Wildman–Crippen MR) is 74.1 cm³/mol. The number of rotatable bonds is 10. The molecular formula is C13H28N2O4. The first-order valence-electron chi connectivity index (χ1n) is 6.66. The van der Waals surface area contributed by atoms with Gasteiger partial charge in [-0.2, -0.15) is 0 Å². The quantitative estimate of drug-likeness (QED) is 0.543. The Morgan fingerprint density at radius 1 is 1.26 bits per heavy atom. The molecule has 0 aromatic carbocycles. The molecule has 0 aromatic heterocycles. The van der Waals surface area contributed by atoms with E-state index in [1.54, 1.807) is 21.0 Å². The number of aliphatic hydroxyl groups excluding tert-OH is 1. The van der Waals surface area contributed by atoms with Gasteiger partial charge in [0.25, 0.3) is 0 Å². The molecule has 0 aliphatic heterocycles. The second-order valence-electron chi connectivity index (χ2n) is 5.01. The summed E-state index contributed by atoms with van der Waals surface area (Å²) in [7, 11) is 3.41. The minimum Gasteiger partial charge on any atom is -0.389 e. The minimum absolute atomic E-state index is 0.0153. The van der Waals surface area contributed by atoms with Crippen LogP contribution in [-0.4, -0.2) is 74.6 Å². The van der Waals surface area contributed by atoms with Gasteiger partial charge in [0.15, 0.2) is 0 Å². The molecule has 0 spiro atoms. The number of carbonyl (C=O) groups is 1. The maximum Gasteiger partial charge on any atom is 0.238 e. The van der Waals surface area contributed by atoms with E-state index in [-0.39, 0.29) is 24.7 Å². The first-order valence-corrected chi connectivity index (χ1v) is 6.66. The average Bonchev–Trinajstić information content (AvgIpc) is 2.33. The first-order chi connectivity index (χ1) is 8.84. The van der Waals surface area contributed by atoms with E-state index in [1.807, 2.05) is 13.8 Å². The highest BCUT2D eigenvalue weighted by Gasteiger charge is 2.15. The molecule has 0 aromatic rings. The van der Waals surface area contributed by atoms with Crippen LogP contribution in [0.25, 0.3) is 0 Å². The van der Waals surface area contributed by atoms with Crippen LogP contribution < -0.4 is 5.32 Å². The van der Waals surface area contributed by atoms with Crippen LogP contribution >= 0.6 is 0 Å². The fraction of sp³-hybridized carbons (Fsp3) is 0.923. The summed E-state index contributed by atoms with van der Waals surface area (Å²) in [5.41, 5.74) is 0. The van der Waals surface area contributed by atoms with E-state index in [4.69, 9.17) is 9.47 Å². The van der Waals surface area contributed by atoms with Crippen molar-refractivity contribution in [2.24, 2.45) is 0 Å². The highest BCUT2D eigenvalue weighted by atomic mass is 16.5. The van der Waals surface area contributed by atoms with Gasteiger partial charge in [-0.25, -0.2) is 0 Å². The molecule has 114 valence electrons. The van der Waals surface area contributed by atoms with Crippen LogP contribution in [-0.2, 0) is 14.3 Å². The zero-order valence-electron chi connectivity index (χ0n) is 12.7. The molecule has 0 saturated heterocycles. The average molecular weight is 276 g/mol. The lowest BCUT2D eigenvalue weighted by Gasteiger charge is -2.20. The number of likely N-dealkylation sites (N-methyl/N-ethyl adjacent to an activating group) is 1. The topological polar surface area (TPSA) is 71.0 Å². The van der Waals surface area contributed by atoms with Crippen LogP contribution in [0.4, 0.5) is 0 Å². The number of nitrogens with zero attached hydrogens (tertiary/aromatic N) is 1. The molecule has 2 N–H and O–H groups in total. The van der Waals surface area contributed by atoms with Crippen molar-refractivity contribution >= 4 is 5.91 Å². The number of aliphatic hydroxyl groups is 1. The Morgan fingerprint density at radius 3 is 2.42 bits per heavy atom. The van der Waals surface area contributed by atoms with Crippen LogP contribution in [0.2, 0.25) is 0 Å². The zero-order valence-corrected chi connectivity index (χ0v) is 12.7. The maximum atomic E-state index is 11.6. The van der Waals surface area contributed by atoms with Crippen molar-refractivity contribution in [1.29, 1.82) is 0 Å². The maximum absolute atomic E-state index is 11.6. The SMILES string of the molecule is CC(C)OCCOCC(O)CNC(C)C(=O)N(C)C. The summed E-state index contributed by atoms with van der Waals surface area (Å²) in [6, 6.07) is -0.311. The molecule has 0 bridgehead atoms. The fourth-order valence-corrected chi connectivity index (χ4v) is 1.41. The summed E-state index contributed by atoms with van der Waals surface area (Å²) in [6.07, 6.45) is -0.440. The smallest absolute Gasteiger partial charge is 0.238 e. The van der Waals surface area contributed by atoms with Crippen molar-refractivity contribution in [2.75, 3.05) is 40.5 Å². The first kappa shape index (κ1) is 18.3. The van der Waals surface area contributed by atoms with Gasteiger partial charge in [-0.15, -0.1) is 0 Å². The van der Waals surface area contributed by atoms with Crippen molar-refractivity contribution in [2.45, 2.75) is 39.0 Å². The Kier molecular flexibility index (Phi) is 9.77. The van der Waals surface area contributed by atoms with Gasteiger partial charge in [0.2, 0.25) is 5.91 Å². The standard InChI is InChI=1S/C13H28N2O4/c1-10(2)19-7-6-18-9-12(16)8-14-11(3)13(17)15(4)5/h10-12,14,16H,6-9H2,1-5H3. The van der Waals surface area contributed by atoms with Gasteiger partial charge >= 0.3 is 0 Å². The molecule has 0 aliphatic carbocycles. The largest absolute Gasteiger partial charge is 0.389 e. The Balaban J connectivity index is 3.59. The number of nitrogens with one attached hydrogen (secondary N) is 1. The molecule has 6 nitrogen and oxygen atoms in total. The Hall–Kier alpha value is -0.690. The summed E-state index contributed by atoms with van der Waals surface area (Å²) in [5.74, 6) is -0.0153. The molecule has 2 atom stereocenters. The predicted octanol–water partition coefficient (Wildman–Crippen LogP) is -0.145. The Bertz CT molecular complexity index is 247. The van der Waals surface area contributed by atoms with Crippen molar-refractivity contribution in [1.82, 2.24) is 10.2 Å². The fourth-order valence-electron chi connectivity index (χ4n) is 1.41. The van der Waals surface area contributed by atoms with E-state index < -0.39 is 6.10 Å². The highest BCUT2D eigenvalue weighted by molar-refractivity contribution is 5.80. The van der Waals surface area contributed by atoms with Crippen molar-refractivity contribution in [3.63, 3.8) is 0 Å². The third-order valence-electron chi connectivity index (χ3n) is 2.46. The van der Waals surface area contributed by atoms with E-state index in [1.165, 1.54) is 4.90 Å². The van der Waals surface area contributed by atoms with Crippen molar-refractivity contribution in [3.05, 3.63) is 0 Å². The lowest BCUT2D eigenvalue weighted by atomic mass is 10.2. The summed E-state index contributed by atoms with van der Waals surface area (Å²) in [4.78, 5) is 13.1. The summed E-state index contributed by atoms with van der Waals surface area (Å²) in [5, 5.41) is 12.6. The molecule has 0 saturated carbocycles. The molecule has 0 radical (unpaired) electrons.